The molecule has 1 aromatic carbocycles. The first-order chi connectivity index (χ1) is 16.9. The number of anilines is 2. The van der Waals surface area contributed by atoms with E-state index >= 15 is 0 Å². The average Bonchev–Trinajstić information content (AvgIpc) is 3.32. The third-order valence-corrected chi connectivity index (χ3v) is 5.38. The molecule has 4 rings (SSSR count). The first-order valence-electron chi connectivity index (χ1n) is 10.6. The van der Waals surface area contributed by atoms with Gasteiger partial charge in [-0.25, -0.2) is 9.97 Å². The van der Waals surface area contributed by atoms with E-state index in [2.05, 4.69) is 20.6 Å². The molecule has 1 saturated heterocycles. The van der Waals surface area contributed by atoms with Crippen LogP contribution in [0.4, 0.5) is 11.5 Å². The predicted molar refractivity (Wildman–Crippen MR) is 128 cm³/mol. The molecule has 0 aliphatic carbocycles. The number of carbonyl (C=O) groups is 2. The third kappa shape index (κ3) is 5.75. The van der Waals surface area contributed by atoms with Crippen LogP contribution in [-0.4, -0.2) is 48.9 Å². The van der Waals surface area contributed by atoms with Crippen molar-refractivity contribution in [3.63, 3.8) is 0 Å². The molecule has 0 unspecified atom stereocenters. The molecule has 2 aromatic heterocycles. The fourth-order valence-corrected chi connectivity index (χ4v) is 3.53. The zero-order valence-corrected chi connectivity index (χ0v) is 19.8. The number of pyridine rings is 2. The minimum atomic E-state index is -0.940. The van der Waals surface area contributed by atoms with Gasteiger partial charge in [0.05, 0.1) is 29.5 Å². The number of aromatic nitrogens is 2. The maximum Gasteiger partial charge on any atom is 0.277 e. The van der Waals surface area contributed by atoms with Crippen LogP contribution in [0.2, 0.25) is 5.02 Å². The van der Waals surface area contributed by atoms with Gasteiger partial charge in [-0.3, -0.25) is 9.59 Å². The molecule has 0 saturated carbocycles. The molecule has 11 heteroatoms. The smallest absolute Gasteiger partial charge is 0.277 e. The molecule has 182 valence electrons. The lowest BCUT2D eigenvalue weighted by Crippen LogP contribution is -2.24. The molecular weight excluding hydrogens is 476 g/mol. The van der Waals surface area contributed by atoms with Crippen molar-refractivity contribution in [1.82, 2.24) is 9.97 Å². The molecule has 0 spiro atoms. The van der Waals surface area contributed by atoms with E-state index in [-0.39, 0.29) is 35.3 Å². The van der Waals surface area contributed by atoms with Crippen molar-refractivity contribution in [1.29, 1.82) is 0 Å². The second-order valence-corrected chi connectivity index (χ2v) is 8.01. The van der Waals surface area contributed by atoms with Crippen LogP contribution in [0.25, 0.3) is 0 Å². The van der Waals surface area contributed by atoms with Gasteiger partial charge in [-0.1, -0.05) is 17.7 Å². The van der Waals surface area contributed by atoms with E-state index in [4.69, 9.17) is 30.5 Å². The van der Waals surface area contributed by atoms with Gasteiger partial charge in [-0.2, -0.15) is 0 Å². The lowest BCUT2D eigenvalue weighted by atomic mass is 10.0. The lowest BCUT2D eigenvalue weighted by molar-refractivity contribution is -0.149. The summed E-state index contributed by atoms with van der Waals surface area (Å²) in [4.78, 5) is 34.2. The van der Waals surface area contributed by atoms with Crippen LogP contribution in [0.15, 0.2) is 54.9 Å². The SMILES string of the molecule is COCOc1cc(C2(C)OCCO2)ccc1C(=O)Nc1cccnc1C(=O)Nc1ccc(Cl)cn1. The fourth-order valence-electron chi connectivity index (χ4n) is 3.42. The van der Waals surface area contributed by atoms with Gasteiger partial charge >= 0.3 is 0 Å². The van der Waals surface area contributed by atoms with Gasteiger partial charge in [0.1, 0.15) is 11.6 Å². The predicted octanol–water partition coefficient (Wildman–Crippen LogP) is 3.84. The average molecular weight is 499 g/mol. The van der Waals surface area contributed by atoms with Crippen molar-refractivity contribution in [2.75, 3.05) is 37.8 Å². The van der Waals surface area contributed by atoms with E-state index in [0.29, 0.717) is 23.8 Å². The van der Waals surface area contributed by atoms with Gasteiger partial charge in [0.2, 0.25) is 0 Å². The Balaban J connectivity index is 1.57. The van der Waals surface area contributed by atoms with E-state index in [1.165, 1.54) is 19.5 Å². The van der Waals surface area contributed by atoms with Crippen LogP contribution < -0.4 is 15.4 Å². The number of amides is 2. The van der Waals surface area contributed by atoms with Gasteiger partial charge in [-0.05, 0) is 43.3 Å². The van der Waals surface area contributed by atoms with Crippen molar-refractivity contribution in [2.45, 2.75) is 12.7 Å². The summed E-state index contributed by atoms with van der Waals surface area (Å²) in [6.45, 7) is 2.65. The largest absolute Gasteiger partial charge is 0.467 e. The van der Waals surface area contributed by atoms with Crippen molar-refractivity contribution < 1.29 is 28.5 Å². The molecule has 0 radical (unpaired) electrons. The Morgan fingerprint density at radius 2 is 1.89 bits per heavy atom. The number of hydrogen-bond donors (Lipinski definition) is 2. The van der Waals surface area contributed by atoms with Gasteiger partial charge in [-0.15, -0.1) is 0 Å². The molecule has 0 bridgehead atoms. The Bertz CT molecular complexity index is 1210. The van der Waals surface area contributed by atoms with Crippen LogP contribution in [0.1, 0.15) is 33.3 Å². The van der Waals surface area contributed by atoms with Crippen molar-refractivity contribution >= 4 is 34.9 Å². The molecule has 2 amide bonds. The number of nitrogens with one attached hydrogen (secondary N) is 2. The summed E-state index contributed by atoms with van der Waals surface area (Å²) >= 11 is 5.84. The van der Waals surface area contributed by atoms with E-state index in [9.17, 15) is 9.59 Å². The van der Waals surface area contributed by atoms with E-state index in [1.54, 1.807) is 49.4 Å². The Morgan fingerprint density at radius 3 is 2.60 bits per heavy atom. The summed E-state index contributed by atoms with van der Waals surface area (Å²) in [7, 11) is 1.48. The first-order valence-corrected chi connectivity index (χ1v) is 11.0. The van der Waals surface area contributed by atoms with Crippen LogP contribution in [-0.2, 0) is 20.0 Å². The monoisotopic (exact) mass is 498 g/mol. The van der Waals surface area contributed by atoms with Crippen molar-refractivity contribution in [3.8, 4) is 5.75 Å². The van der Waals surface area contributed by atoms with Crippen molar-refractivity contribution in [3.05, 3.63) is 76.7 Å². The summed E-state index contributed by atoms with van der Waals surface area (Å²) in [6, 6.07) is 11.3. The minimum absolute atomic E-state index is 0.00819. The highest BCUT2D eigenvalue weighted by molar-refractivity contribution is 6.30. The summed E-state index contributed by atoms with van der Waals surface area (Å²) in [5.41, 5.74) is 1.13. The summed E-state index contributed by atoms with van der Waals surface area (Å²) < 4.78 is 22.1. The zero-order valence-electron chi connectivity index (χ0n) is 19.0. The normalized spacial score (nSPS) is 14.4. The molecule has 35 heavy (non-hydrogen) atoms. The molecule has 10 nitrogen and oxygen atoms in total. The minimum Gasteiger partial charge on any atom is -0.467 e. The molecule has 1 aliphatic rings. The number of rotatable bonds is 8. The second kappa shape index (κ2) is 10.8. The fraction of sp³-hybridized carbons (Fsp3) is 0.250. The second-order valence-electron chi connectivity index (χ2n) is 7.57. The molecule has 3 heterocycles. The molecular formula is C24H23ClN4O6. The molecule has 2 N–H and O–H groups in total. The topological polar surface area (TPSA) is 121 Å². The van der Waals surface area contributed by atoms with Gasteiger partial charge in [0, 0.05) is 25.1 Å². The Kier molecular flexibility index (Phi) is 7.57. The quantitative estimate of drug-likeness (QED) is 0.449. The van der Waals surface area contributed by atoms with E-state index < -0.39 is 17.6 Å². The highest BCUT2D eigenvalue weighted by Gasteiger charge is 2.34. The lowest BCUT2D eigenvalue weighted by Gasteiger charge is -2.24. The third-order valence-electron chi connectivity index (χ3n) is 5.16. The zero-order chi connectivity index (χ0) is 24.8. The van der Waals surface area contributed by atoms with E-state index in [0.717, 1.165) is 0 Å². The Hall–Kier alpha value is -3.57. The van der Waals surface area contributed by atoms with Crippen LogP contribution >= 0.6 is 11.6 Å². The Morgan fingerprint density at radius 1 is 1.09 bits per heavy atom. The van der Waals surface area contributed by atoms with Crippen LogP contribution in [0, 0.1) is 0 Å². The number of carbonyl (C=O) groups excluding carboxylic acids is 2. The number of benzene rings is 1. The number of nitrogens with zero attached hydrogens (tertiary/aromatic N) is 2. The maximum atomic E-state index is 13.2. The van der Waals surface area contributed by atoms with Gasteiger partial charge < -0.3 is 29.6 Å². The van der Waals surface area contributed by atoms with Crippen molar-refractivity contribution in [2.24, 2.45) is 0 Å². The summed E-state index contributed by atoms with van der Waals surface area (Å²) in [6.07, 6.45) is 2.86. The number of hydrogen-bond acceptors (Lipinski definition) is 8. The maximum absolute atomic E-state index is 13.2. The highest BCUT2D eigenvalue weighted by Crippen LogP contribution is 2.34. The number of ether oxygens (including phenoxy) is 4. The molecule has 0 atom stereocenters. The summed E-state index contributed by atoms with van der Waals surface area (Å²) in [5, 5.41) is 5.80. The van der Waals surface area contributed by atoms with Crippen LogP contribution in [0.3, 0.4) is 0 Å². The number of methoxy groups -OCH3 is 1. The highest BCUT2D eigenvalue weighted by atomic mass is 35.5. The first kappa shape index (κ1) is 24.6. The van der Waals surface area contributed by atoms with E-state index in [1.807, 2.05) is 0 Å². The van der Waals surface area contributed by atoms with Crippen LogP contribution in [0.5, 0.6) is 5.75 Å². The van der Waals surface area contributed by atoms with Gasteiger partial charge in [0.25, 0.3) is 11.8 Å². The van der Waals surface area contributed by atoms with Gasteiger partial charge in [0.15, 0.2) is 18.3 Å². The molecule has 3 aromatic rings. The molecule has 1 fully saturated rings. The Labute approximate surface area is 206 Å². The standard InChI is InChI=1S/C24H23ClN4O6/c1-24(34-10-11-35-24)15-5-7-17(19(12-15)33-14-32-2)22(30)28-18-4-3-9-26-21(18)23(31)29-20-8-6-16(25)13-27-20/h3-9,12-13H,10-11,14H2,1-2H3,(H,28,30)(H,27,29,31). The summed E-state index contributed by atoms with van der Waals surface area (Å²) in [5.74, 6) is -1.44. The molecule has 1 aliphatic heterocycles. The number of halogens is 1.